The van der Waals surface area contributed by atoms with E-state index in [9.17, 15) is 9.18 Å². The van der Waals surface area contributed by atoms with Crippen LogP contribution in [0.3, 0.4) is 0 Å². The molecule has 0 saturated carbocycles. The van der Waals surface area contributed by atoms with Gasteiger partial charge >= 0.3 is 0 Å². The van der Waals surface area contributed by atoms with Crippen LogP contribution in [-0.4, -0.2) is 21.9 Å². The number of halogens is 1. The van der Waals surface area contributed by atoms with Crippen molar-refractivity contribution in [3.63, 3.8) is 0 Å². The summed E-state index contributed by atoms with van der Waals surface area (Å²) in [6.07, 6.45) is 1.84. The van der Waals surface area contributed by atoms with Crippen LogP contribution in [0.4, 0.5) is 10.2 Å². The predicted octanol–water partition coefficient (Wildman–Crippen LogP) is 4.22. The average Bonchev–Trinajstić information content (AvgIpc) is 3.24. The minimum Gasteiger partial charge on any atom is -0.481 e. The highest BCUT2D eigenvalue weighted by Crippen LogP contribution is 2.30. The van der Waals surface area contributed by atoms with Crippen LogP contribution in [0.1, 0.15) is 0 Å². The summed E-state index contributed by atoms with van der Waals surface area (Å²) in [6, 6.07) is 15.6. The SMILES string of the molecule is O=C(COc1ccccc1F)Nc1c(-c2ccccc2)nc2sccn12. The molecule has 0 spiro atoms. The van der Waals surface area contributed by atoms with Gasteiger partial charge in [0.15, 0.2) is 23.1 Å². The number of nitrogens with zero attached hydrogens (tertiary/aromatic N) is 2. The Labute approximate surface area is 152 Å². The van der Waals surface area contributed by atoms with E-state index in [1.807, 2.05) is 46.3 Å². The fourth-order valence-electron chi connectivity index (χ4n) is 2.58. The number of hydrogen-bond acceptors (Lipinski definition) is 4. The van der Waals surface area contributed by atoms with Gasteiger partial charge in [-0.3, -0.25) is 9.20 Å². The number of nitrogens with one attached hydrogen (secondary N) is 1. The minimum atomic E-state index is -0.505. The topological polar surface area (TPSA) is 55.6 Å². The van der Waals surface area contributed by atoms with E-state index in [1.165, 1.54) is 23.5 Å². The third-order valence-electron chi connectivity index (χ3n) is 3.76. The molecule has 4 aromatic rings. The summed E-state index contributed by atoms with van der Waals surface area (Å²) in [5.41, 5.74) is 1.57. The molecular weight excluding hydrogens is 353 g/mol. The van der Waals surface area contributed by atoms with Crippen molar-refractivity contribution in [1.82, 2.24) is 9.38 Å². The number of hydrogen-bond donors (Lipinski definition) is 1. The van der Waals surface area contributed by atoms with Crippen LogP contribution in [0.2, 0.25) is 0 Å². The zero-order valence-electron chi connectivity index (χ0n) is 13.6. The molecule has 0 aliphatic heterocycles. The second-order valence-electron chi connectivity index (χ2n) is 5.50. The maximum Gasteiger partial charge on any atom is 0.263 e. The van der Waals surface area contributed by atoms with E-state index in [0.717, 1.165) is 10.5 Å². The summed E-state index contributed by atoms with van der Waals surface area (Å²) in [5.74, 6) is -0.289. The maximum atomic E-state index is 13.6. The number of para-hydroxylation sites is 1. The van der Waals surface area contributed by atoms with E-state index in [2.05, 4.69) is 10.3 Å². The summed E-state index contributed by atoms with van der Waals surface area (Å²) in [4.78, 5) is 17.7. The standard InChI is InChI=1S/C19H14FN3O2S/c20-14-8-4-5-9-15(14)25-12-16(24)21-18-17(13-6-2-1-3-7-13)22-19-23(18)10-11-26-19/h1-11H,12H2,(H,21,24). The van der Waals surface area contributed by atoms with Crippen molar-refractivity contribution >= 4 is 28.0 Å². The monoisotopic (exact) mass is 367 g/mol. The Morgan fingerprint density at radius 2 is 1.92 bits per heavy atom. The number of anilines is 1. The summed E-state index contributed by atoms with van der Waals surface area (Å²) in [5, 5.41) is 4.72. The number of aromatic nitrogens is 2. The fraction of sp³-hybridized carbons (Fsp3) is 0.0526. The van der Waals surface area contributed by atoms with Gasteiger partial charge in [0.25, 0.3) is 5.91 Å². The van der Waals surface area contributed by atoms with Crippen LogP contribution < -0.4 is 10.1 Å². The average molecular weight is 367 g/mol. The molecule has 2 aromatic carbocycles. The summed E-state index contributed by atoms with van der Waals surface area (Å²) >= 11 is 1.48. The molecular formula is C19H14FN3O2S. The van der Waals surface area contributed by atoms with Gasteiger partial charge in [-0.15, -0.1) is 11.3 Å². The molecule has 26 heavy (non-hydrogen) atoms. The van der Waals surface area contributed by atoms with E-state index >= 15 is 0 Å². The molecule has 1 N–H and O–H groups in total. The second-order valence-corrected chi connectivity index (χ2v) is 6.37. The molecule has 0 saturated heterocycles. The summed E-state index contributed by atoms with van der Waals surface area (Å²) < 4.78 is 20.7. The molecule has 0 unspecified atom stereocenters. The van der Waals surface area contributed by atoms with Crippen LogP contribution in [-0.2, 0) is 4.79 Å². The molecule has 0 aliphatic carbocycles. The number of carbonyl (C=O) groups excluding carboxylic acids is 1. The molecule has 0 fully saturated rings. The Balaban J connectivity index is 1.57. The van der Waals surface area contributed by atoms with E-state index in [-0.39, 0.29) is 12.4 Å². The predicted molar refractivity (Wildman–Crippen MR) is 99.0 cm³/mol. The Hall–Kier alpha value is -3.19. The number of fused-ring (bicyclic) bond motifs is 1. The van der Waals surface area contributed by atoms with Crippen molar-refractivity contribution in [2.24, 2.45) is 0 Å². The third kappa shape index (κ3) is 3.16. The van der Waals surface area contributed by atoms with Crippen molar-refractivity contribution < 1.29 is 13.9 Å². The van der Waals surface area contributed by atoms with Crippen LogP contribution in [0, 0.1) is 5.82 Å². The Morgan fingerprint density at radius 1 is 1.15 bits per heavy atom. The van der Waals surface area contributed by atoms with Gasteiger partial charge in [-0.25, -0.2) is 9.37 Å². The molecule has 0 bridgehead atoms. The fourth-order valence-corrected chi connectivity index (χ4v) is 3.29. The molecule has 4 rings (SSSR count). The smallest absolute Gasteiger partial charge is 0.263 e. The lowest BCUT2D eigenvalue weighted by Gasteiger charge is -2.09. The third-order valence-corrected chi connectivity index (χ3v) is 4.52. The van der Waals surface area contributed by atoms with Crippen molar-refractivity contribution in [3.8, 4) is 17.0 Å². The zero-order chi connectivity index (χ0) is 17.9. The van der Waals surface area contributed by atoms with Crippen molar-refractivity contribution in [1.29, 1.82) is 0 Å². The van der Waals surface area contributed by atoms with Crippen molar-refractivity contribution in [2.75, 3.05) is 11.9 Å². The largest absolute Gasteiger partial charge is 0.481 e. The van der Waals surface area contributed by atoms with Gasteiger partial charge in [0.2, 0.25) is 0 Å². The Bertz CT molecular complexity index is 1060. The number of benzene rings is 2. The maximum absolute atomic E-state index is 13.6. The number of imidazole rings is 1. The van der Waals surface area contributed by atoms with E-state index in [4.69, 9.17) is 4.74 Å². The van der Waals surface area contributed by atoms with Crippen molar-refractivity contribution in [2.45, 2.75) is 0 Å². The number of ether oxygens (including phenoxy) is 1. The number of rotatable bonds is 5. The lowest BCUT2D eigenvalue weighted by molar-refractivity contribution is -0.118. The van der Waals surface area contributed by atoms with Gasteiger partial charge in [-0.05, 0) is 12.1 Å². The molecule has 1 amide bonds. The van der Waals surface area contributed by atoms with Gasteiger partial charge in [0, 0.05) is 17.1 Å². The Morgan fingerprint density at radius 3 is 2.73 bits per heavy atom. The highest BCUT2D eigenvalue weighted by molar-refractivity contribution is 7.15. The van der Waals surface area contributed by atoms with Gasteiger partial charge in [0.1, 0.15) is 11.5 Å². The molecule has 0 radical (unpaired) electrons. The zero-order valence-corrected chi connectivity index (χ0v) is 14.4. The first-order valence-electron chi connectivity index (χ1n) is 7.90. The number of carbonyl (C=O) groups is 1. The van der Waals surface area contributed by atoms with Crippen LogP contribution in [0.25, 0.3) is 16.2 Å². The van der Waals surface area contributed by atoms with Gasteiger partial charge < -0.3 is 10.1 Å². The lowest BCUT2D eigenvalue weighted by Crippen LogP contribution is -2.21. The molecule has 2 aromatic heterocycles. The summed E-state index contributed by atoms with van der Waals surface area (Å²) in [6.45, 7) is -0.299. The first kappa shape index (κ1) is 16.3. The lowest BCUT2D eigenvalue weighted by atomic mass is 10.1. The normalized spacial score (nSPS) is 10.8. The first-order valence-corrected chi connectivity index (χ1v) is 8.78. The van der Waals surface area contributed by atoms with Crippen molar-refractivity contribution in [3.05, 3.63) is 72.0 Å². The molecule has 7 heteroatoms. The molecule has 0 aliphatic rings. The number of thiazole rings is 1. The molecule has 5 nitrogen and oxygen atoms in total. The van der Waals surface area contributed by atoms with Crippen LogP contribution >= 0.6 is 11.3 Å². The number of amides is 1. The van der Waals surface area contributed by atoms with Gasteiger partial charge in [-0.1, -0.05) is 42.5 Å². The Kier molecular flexibility index (Phi) is 4.37. The highest BCUT2D eigenvalue weighted by Gasteiger charge is 2.17. The van der Waals surface area contributed by atoms with Gasteiger partial charge in [0.05, 0.1) is 0 Å². The van der Waals surface area contributed by atoms with E-state index in [0.29, 0.717) is 11.5 Å². The molecule has 0 atom stereocenters. The van der Waals surface area contributed by atoms with Crippen LogP contribution in [0.15, 0.2) is 66.2 Å². The molecule has 130 valence electrons. The van der Waals surface area contributed by atoms with Gasteiger partial charge in [-0.2, -0.15) is 0 Å². The molecule has 2 heterocycles. The van der Waals surface area contributed by atoms with E-state index in [1.54, 1.807) is 12.1 Å². The van der Waals surface area contributed by atoms with E-state index < -0.39 is 11.7 Å². The quantitative estimate of drug-likeness (QED) is 0.575. The first-order chi connectivity index (χ1) is 12.7. The van der Waals surface area contributed by atoms with Crippen LogP contribution in [0.5, 0.6) is 5.75 Å². The highest BCUT2D eigenvalue weighted by atomic mass is 32.1. The summed E-state index contributed by atoms with van der Waals surface area (Å²) in [7, 11) is 0. The minimum absolute atomic E-state index is 0.0416. The second kappa shape index (κ2) is 6.97.